The van der Waals surface area contributed by atoms with Gasteiger partial charge in [-0.2, -0.15) is 0 Å². The Morgan fingerprint density at radius 1 is 0.771 bits per heavy atom. The van der Waals surface area contributed by atoms with Crippen LogP contribution in [0.4, 0.5) is 8.78 Å². The normalized spacial score (nSPS) is 15.8. The zero-order chi connectivity index (χ0) is 36.7. The van der Waals surface area contributed by atoms with Crippen LogP contribution in [0.3, 0.4) is 0 Å². The Kier molecular flexibility index (Phi) is 18.5. The first-order chi connectivity index (χ1) is 22.2. The highest BCUT2D eigenvalue weighted by atomic mass is 79.9. The van der Waals surface area contributed by atoms with Gasteiger partial charge in [-0.15, -0.1) is 5.47 Å². The monoisotopic (exact) mass is 736 g/mol. The number of halogens is 3. The largest absolute Gasteiger partial charge is 0.479 e. The first-order valence-corrected chi connectivity index (χ1v) is 16.6. The second kappa shape index (κ2) is 20.6. The van der Waals surface area contributed by atoms with E-state index in [1.165, 1.54) is 37.5 Å². The van der Waals surface area contributed by atoms with Gasteiger partial charge in [0.05, 0.1) is 15.7 Å². The summed E-state index contributed by atoms with van der Waals surface area (Å²) in [6, 6.07) is 8.89. The standard InChI is InChI=1S/C15H17FO3.C9H8BrFO3.C6H9B.C6H14O2/c16-13-8-10(9-14(17)15(18)19)6-7-12(13)11-4-2-1-3-5-11;10-6-2-1-5(3-7(6)11)4-8(12)9(13)14;7-6-4-2-1-3-5-6;1-5(2,7)6(3,4)8/h4,6-8,14,17H,1-3,5,9H2,(H,18,19);1-3,8,12H,4H2,(H,13,14);4H,1-3,5H2;7-8H,1-4H3/t14-;8-;;/m00../s1. The summed E-state index contributed by atoms with van der Waals surface area (Å²) in [7, 11) is 5.50. The SMILES string of the molecule is CC(C)(O)C(C)(C)O.O=C(O)[C@@H](O)Cc1ccc(Br)c(F)c1.O=C(O)[C@@H](O)Cc1ccc(C2=CCCCC2)c(F)c1.[B]C1=CCCCC1. The van der Waals surface area contributed by atoms with Crippen molar-refractivity contribution >= 4 is 41.3 Å². The lowest BCUT2D eigenvalue weighted by atomic mass is 9.86. The van der Waals surface area contributed by atoms with Crippen molar-refractivity contribution in [2.24, 2.45) is 0 Å². The van der Waals surface area contributed by atoms with Gasteiger partial charge in [-0.3, -0.25) is 0 Å². The molecule has 0 amide bonds. The maximum atomic E-state index is 14.0. The van der Waals surface area contributed by atoms with Crippen molar-refractivity contribution in [2.45, 2.75) is 115 Å². The van der Waals surface area contributed by atoms with Crippen molar-refractivity contribution in [2.75, 3.05) is 0 Å². The van der Waals surface area contributed by atoms with Crippen molar-refractivity contribution in [1.29, 1.82) is 0 Å². The van der Waals surface area contributed by atoms with Gasteiger partial charge >= 0.3 is 11.9 Å². The molecule has 2 aromatic carbocycles. The number of hydrogen-bond acceptors (Lipinski definition) is 6. The molecule has 2 radical (unpaired) electrons. The van der Waals surface area contributed by atoms with Crippen LogP contribution in [-0.4, -0.2) is 73.8 Å². The van der Waals surface area contributed by atoms with Crippen molar-refractivity contribution in [3.63, 3.8) is 0 Å². The number of benzene rings is 2. The number of rotatable bonds is 8. The van der Waals surface area contributed by atoms with Gasteiger partial charge in [-0.1, -0.05) is 36.8 Å². The molecule has 6 N–H and O–H groups in total. The summed E-state index contributed by atoms with van der Waals surface area (Å²) in [6.07, 6.45) is 10.1. The topological polar surface area (TPSA) is 156 Å². The fraction of sp³-hybridized carbons (Fsp3) is 0.500. The molecule has 8 nitrogen and oxygen atoms in total. The molecule has 0 bridgehead atoms. The summed E-state index contributed by atoms with van der Waals surface area (Å²) in [6.45, 7) is 6.31. The molecule has 0 aliphatic heterocycles. The molecular formula is C36H48BBrF2O8. The maximum Gasteiger partial charge on any atom is 0.332 e. The van der Waals surface area contributed by atoms with E-state index < -0.39 is 41.2 Å². The Balaban J connectivity index is 0.000000347. The summed E-state index contributed by atoms with van der Waals surface area (Å²) in [5.41, 5.74) is 1.63. The number of carboxylic acid groups (broad SMARTS) is 2. The number of aliphatic carboxylic acids is 2. The Morgan fingerprint density at radius 2 is 1.23 bits per heavy atom. The van der Waals surface area contributed by atoms with Crippen molar-refractivity contribution in [1.82, 2.24) is 0 Å². The van der Waals surface area contributed by atoms with Crippen molar-refractivity contribution in [3.05, 3.63) is 86.8 Å². The van der Waals surface area contributed by atoms with Crippen LogP contribution >= 0.6 is 15.9 Å². The number of aliphatic hydroxyl groups excluding tert-OH is 2. The fourth-order valence-corrected chi connectivity index (χ4v) is 4.43. The van der Waals surface area contributed by atoms with Gasteiger partial charge in [0.25, 0.3) is 0 Å². The van der Waals surface area contributed by atoms with E-state index in [-0.39, 0.29) is 18.7 Å². The average molecular weight is 737 g/mol. The first-order valence-electron chi connectivity index (χ1n) is 15.9. The van der Waals surface area contributed by atoms with Crippen LogP contribution in [-0.2, 0) is 22.4 Å². The predicted octanol–water partition coefficient (Wildman–Crippen LogP) is 6.49. The lowest BCUT2D eigenvalue weighted by molar-refractivity contribution is -0.147. The van der Waals surface area contributed by atoms with Crippen LogP contribution in [0.25, 0.3) is 5.57 Å². The van der Waals surface area contributed by atoms with Crippen LogP contribution in [0, 0.1) is 11.6 Å². The van der Waals surface area contributed by atoms with E-state index in [1.807, 2.05) is 0 Å². The number of hydrogen-bond donors (Lipinski definition) is 6. The highest BCUT2D eigenvalue weighted by Crippen LogP contribution is 2.29. The predicted molar refractivity (Wildman–Crippen MR) is 187 cm³/mol. The van der Waals surface area contributed by atoms with E-state index in [0.717, 1.165) is 43.1 Å². The Labute approximate surface area is 291 Å². The molecule has 2 atom stereocenters. The minimum absolute atomic E-state index is 0.0778. The molecule has 4 rings (SSSR count). The highest BCUT2D eigenvalue weighted by molar-refractivity contribution is 9.10. The molecule has 0 heterocycles. The maximum absolute atomic E-state index is 14.0. The molecule has 0 spiro atoms. The Bertz CT molecular complexity index is 1390. The van der Waals surface area contributed by atoms with E-state index >= 15 is 0 Å². The number of carbonyl (C=O) groups is 2. The summed E-state index contributed by atoms with van der Waals surface area (Å²) in [5, 5.41) is 53.5. The van der Waals surface area contributed by atoms with Gasteiger partial charge in [-0.05, 0) is 123 Å². The molecule has 0 aromatic heterocycles. The van der Waals surface area contributed by atoms with E-state index in [1.54, 1.807) is 45.9 Å². The van der Waals surface area contributed by atoms with Gasteiger partial charge in [0.15, 0.2) is 12.2 Å². The molecule has 264 valence electrons. The van der Waals surface area contributed by atoms with Crippen molar-refractivity contribution in [3.8, 4) is 0 Å². The van der Waals surface area contributed by atoms with E-state index in [0.29, 0.717) is 21.2 Å². The minimum Gasteiger partial charge on any atom is -0.479 e. The zero-order valence-corrected chi connectivity index (χ0v) is 29.6. The van der Waals surface area contributed by atoms with Crippen LogP contribution in [0.5, 0.6) is 0 Å². The molecule has 0 saturated heterocycles. The van der Waals surface area contributed by atoms with Gasteiger partial charge in [0.2, 0.25) is 0 Å². The van der Waals surface area contributed by atoms with Crippen LogP contribution in [0.15, 0.2) is 58.5 Å². The average Bonchev–Trinajstić information content (AvgIpc) is 3.00. The summed E-state index contributed by atoms with van der Waals surface area (Å²) in [4.78, 5) is 20.9. The van der Waals surface area contributed by atoms with Crippen molar-refractivity contribution < 1.29 is 49.0 Å². The minimum atomic E-state index is -1.49. The van der Waals surface area contributed by atoms with E-state index in [4.69, 9.17) is 33.4 Å². The quantitative estimate of drug-likeness (QED) is 0.168. The van der Waals surface area contributed by atoms with Crippen LogP contribution in [0.2, 0.25) is 0 Å². The Hall–Kier alpha value is -2.90. The molecule has 2 aliphatic rings. The molecule has 48 heavy (non-hydrogen) atoms. The number of allylic oxidation sites excluding steroid dienone is 4. The molecule has 12 heteroatoms. The summed E-state index contributed by atoms with van der Waals surface area (Å²) < 4.78 is 27.3. The molecule has 0 unspecified atom stereocenters. The van der Waals surface area contributed by atoms with Gasteiger partial charge < -0.3 is 30.6 Å². The number of aliphatic hydroxyl groups is 4. The van der Waals surface area contributed by atoms with Gasteiger partial charge in [0, 0.05) is 18.4 Å². The second-order valence-corrected chi connectivity index (χ2v) is 13.7. The number of carboxylic acids is 2. The molecule has 0 fully saturated rings. The van der Waals surface area contributed by atoms with Gasteiger partial charge in [-0.25, -0.2) is 18.4 Å². The Morgan fingerprint density at radius 3 is 1.56 bits per heavy atom. The lowest BCUT2D eigenvalue weighted by Gasteiger charge is -2.31. The second-order valence-electron chi connectivity index (χ2n) is 12.8. The first kappa shape index (κ1) is 43.1. The lowest BCUT2D eigenvalue weighted by Crippen LogP contribution is -2.44. The summed E-state index contributed by atoms with van der Waals surface area (Å²) >= 11 is 2.97. The van der Waals surface area contributed by atoms with E-state index in [2.05, 4.69) is 28.1 Å². The molecular weight excluding hydrogens is 689 g/mol. The van der Waals surface area contributed by atoms with Crippen LogP contribution < -0.4 is 0 Å². The third-order valence-corrected chi connectivity index (χ3v) is 8.55. The fourth-order valence-electron chi connectivity index (χ4n) is 4.18. The molecule has 2 aromatic rings. The highest BCUT2D eigenvalue weighted by Gasteiger charge is 2.32. The van der Waals surface area contributed by atoms with Crippen LogP contribution in [0.1, 0.15) is 95.8 Å². The molecule has 2 aliphatic carbocycles. The zero-order valence-electron chi connectivity index (χ0n) is 28.1. The summed E-state index contributed by atoms with van der Waals surface area (Å²) in [5.74, 6) is -3.42. The van der Waals surface area contributed by atoms with Gasteiger partial charge in [0.1, 0.15) is 19.5 Å². The molecule has 0 saturated carbocycles. The smallest absolute Gasteiger partial charge is 0.332 e. The van der Waals surface area contributed by atoms with E-state index in [9.17, 15) is 23.5 Å². The third kappa shape index (κ3) is 16.5. The third-order valence-electron chi connectivity index (χ3n) is 7.91.